The van der Waals surface area contributed by atoms with Crippen molar-refractivity contribution in [1.82, 2.24) is 5.32 Å². The zero-order valence-corrected chi connectivity index (χ0v) is 9.67. The highest BCUT2D eigenvalue weighted by atomic mass is 19.4. The predicted molar refractivity (Wildman–Crippen MR) is 60.2 cm³/mol. The molecule has 0 heterocycles. The summed E-state index contributed by atoms with van der Waals surface area (Å²) in [6.07, 6.45) is -4.42. The first-order valence-electron chi connectivity index (χ1n) is 5.10. The Morgan fingerprint density at radius 3 is 2.72 bits per heavy atom. The number of anilines is 1. The predicted octanol–water partition coefficient (Wildman–Crippen LogP) is 2.52. The molecule has 100 valence electrons. The Hall–Kier alpha value is -1.76. The standard InChI is InChI=1S/C11H13F3N2O2/c1-18-6-8-3-2-4-9(5-8)16-10(17)15-7-11(12,13)14/h2-5H,6-7H2,1H3,(H2,15,16,17). The van der Waals surface area contributed by atoms with E-state index in [1.165, 1.54) is 7.11 Å². The third-order valence-electron chi connectivity index (χ3n) is 1.95. The molecule has 0 bridgehead atoms. The van der Waals surface area contributed by atoms with Crippen LogP contribution in [0.4, 0.5) is 23.7 Å². The second kappa shape index (κ2) is 6.25. The maximum atomic E-state index is 11.9. The molecule has 2 N–H and O–H groups in total. The molecule has 0 saturated carbocycles. The fraction of sp³-hybridized carbons (Fsp3) is 0.364. The molecule has 1 aromatic carbocycles. The Labute approximate surface area is 102 Å². The summed E-state index contributed by atoms with van der Waals surface area (Å²) in [7, 11) is 1.52. The van der Waals surface area contributed by atoms with Gasteiger partial charge < -0.3 is 15.4 Å². The highest BCUT2D eigenvalue weighted by Gasteiger charge is 2.27. The van der Waals surface area contributed by atoms with Crippen molar-refractivity contribution in [3.63, 3.8) is 0 Å². The van der Waals surface area contributed by atoms with E-state index in [9.17, 15) is 18.0 Å². The van der Waals surface area contributed by atoms with Gasteiger partial charge in [0.05, 0.1) is 6.61 Å². The van der Waals surface area contributed by atoms with Crippen LogP contribution in [0.2, 0.25) is 0 Å². The number of carbonyl (C=O) groups excluding carboxylic acids is 1. The van der Waals surface area contributed by atoms with Crippen molar-refractivity contribution in [2.24, 2.45) is 0 Å². The van der Waals surface area contributed by atoms with E-state index >= 15 is 0 Å². The van der Waals surface area contributed by atoms with E-state index < -0.39 is 18.8 Å². The number of carbonyl (C=O) groups is 1. The third-order valence-corrected chi connectivity index (χ3v) is 1.95. The van der Waals surface area contributed by atoms with Crippen molar-refractivity contribution in [1.29, 1.82) is 0 Å². The number of ether oxygens (including phenoxy) is 1. The summed E-state index contributed by atoms with van der Waals surface area (Å²) >= 11 is 0. The lowest BCUT2D eigenvalue weighted by Gasteiger charge is -2.10. The summed E-state index contributed by atoms with van der Waals surface area (Å²) in [5.41, 5.74) is 1.22. The minimum absolute atomic E-state index is 0.361. The number of nitrogens with one attached hydrogen (secondary N) is 2. The van der Waals surface area contributed by atoms with E-state index in [0.717, 1.165) is 5.56 Å². The lowest BCUT2D eigenvalue weighted by Crippen LogP contribution is -2.36. The molecular formula is C11H13F3N2O2. The van der Waals surface area contributed by atoms with E-state index in [4.69, 9.17) is 4.74 Å². The second-order valence-corrected chi connectivity index (χ2v) is 3.56. The smallest absolute Gasteiger partial charge is 0.380 e. The molecule has 0 unspecified atom stereocenters. The molecule has 0 fully saturated rings. The van der Waals surface area contributed by atoms with Gasteiger partial charge in [-0.15, -0.1) is 0 Å². The molecule has 2 amide bonds. The summed E-state index contributed by atoms with van der Waals surface area (Å²) in [5, 5.41) is 4.02. The second-order valence-electron chi connectivity index (χ2n) is 3.56. The summed E-state index contributed by atoms with van der Waals surface area (Å²) in [6, 6.07) is 5.75. The van der Waals surface area contributed by atoms with E-state index in [1.807, 2.05) is 0 Å². The molecule has 0 aliphatic carbocycles. The van der Waals surface area contributed by atoms with Crippen LogP contribution >= 0.6 is 0 Å². The van der Waals surface area contributed by atoms with Crippen LogP contribution in [0.25, 0.3) is 0 Å². The molecule has 1 aromatic rings. The number of hydrogen-bond acceptors (Lipinski definition) is 2. The Morgan fingerprint density at radius 2 is 2.11 bits per heavy atom. The number of benzene rings is 1. The van der Waals surface area contributed by atoms with Crippen molar-refractivity contribution < 1.29 is 22.7 Å². The van der Waals surface area contributed by atoms with E-state index in [1.54, 1.807) is 29.6 Å². The fourth-order valence-electron chi connectivity index (χ4n) is 1.26. The van der Waals surface area contributed by atoms with Gasteiger partial charge in [-0.2, -0.15) is 13.2 Å². The van der Waals surface area contributed by atoms with Gasteiger partial charge >= 0.3 is 12.2 Å². The first-order valence-corrected chi connectivity index (χ1v) is 5.10. The van der Waals surface area contributed by atoms with E-state index in [-0.39, 0.29) is 0 Å². The zero-order chi connectivity index (χ0) is 13.6. The van der Waals surface area contributed by atoms with Gasteiger partial charge in [-0.05, 0) is 17.7 Å². The van der Waals surface area contributed by atoms with Crippen LogP contribution in [0.1, 0.15) is 5.56 Å². The average molecular weight is 262 g/mol. The minimum Gasteiger partial charge on any atom is -0.380 e. The number of halogens is 3. The molecule has 7 heteroatoms. The number of urea groups is 1. The minimum atomic E-state index is -4.42. The van der Waals surface area contributed by atoms with Crippen LogP contribution in [0, 0.1) is 0 Å². The number of hydrogen-bond donors (Lipinski definition) is 2. The molecule has 4 nitrogen and oxygen atoms in total. The van der Waals surface area contributed by atoms with Crippen LogP contribution in [0.15, 0.2) is 24.3 Å². The van der Waals surface area contributed by atoms with Crippen LogP contribution < -0.4 is 10.6 Å². The molecule has 0 radical (unpaired) electrons. The largest absolute Gasteiger partial charge is 0.405 e. The molecule has 0 saturated heterocycles. The maximum Gasteiger partial charge on any atom is 0.405 e. The molecule has 0 aliphatic heterocycles. The van der Waals surface area contributed by atoms with Gasteiger partial charge in [0.1, 0.15) is 6.54 Å². The molecule has 0 atom stereocenters. The van der Waals surface area contributed by atoms with Crippen LogP contribution in [0.5, 0.6) is 0 Å². The van der Waals surface area contributed by atoms with Gasteiger partial charge in [-0.3, -0.25) is 0 Å². The summed E-state index contributed by atoms with van der Waals surface area (Å²) in [6.45, 7) is -1.00. The maximum absolute atomic E-state index is 11.9. The van der Waals surface area contributed by atoms with Crippen LogP contribution in [0.3, 0.4) is 0 Å². The number of methoxy groups -OCH3 is 1. The van der Waals surface area contributed by atoms with Crippen molar-refractivity contribution in [2.45, 2.75) is 12.8 Å². The Morgan fingerprint density at radius 1 is 1.39 bits per heavy atom. The Kier molecular flexibility index (Phi) is 4.96. The summed E-state index contributed by atoms with van der Waals surface area (Å²) < 4.78 is 40.5. The van der Waals surface area contributed by atoms with E-state index in [0.29, 0.717) is 12.3 Å². The topological polar surface area (TPSA) is 50.4 Å². The Bertz CT molecular complexity index is 408. The highest BCUT2D eigenvalue weighted by molar-refractivity contribution is 5.89. The van der Waals surface area contributed by atoms with Crippen molar-refractivity contribution in [2.75, 3.05) is 19.0 Å². The number of amides is 2. The van der Waals surface area contributed by atoms with Crippen LogP contribution in [-0.2, 0) is 11.3 Å². The quantitative estimate of drug-likeness (QED) is 0.876. The van der Waals surface area contributed by atoms with Gasteiger partial charge in [0.15, 0.2) is 0 Å². The first-order chi connectivity index (χ1) is 8.40. The average Bonchev–Trinajstić information content (AvgIpc) is 2.26. The Balaban J connectivity index is 2.51. The monoisotopic (exact) mass is 262 g/mol. The van der Waals surface area contributed by atoms with Crippen LogP contribution in [-0.4, -0.2) is 25.9 Å². The van der Waals surface area contributed by atoms with Gasteiger partial charge in [0.25, 0.3) is 0 Å². The fourth-order valence-corrected chi connectivity index (χ4v) is 1.26. The lowest BCUT2D eigenvalue weighted by molar-refractivity contribution is -0.122. The summed E-state index contributed by atoms with van der Waals surface area (Å²) in [5.74, 6) is 0. The first kappa shape index (κ1) is 14.3. The molecule has 18 heavy (non-hydrogen) atoms. The van der Waals surface area contributed by atoms with Gasteiger partial charge in [0, 0.05) is 12.8 Å². The number of rotatable bonds is 4. The lowest BCUT2D eigenvalue weighted by atomic mass is 10.2. The van der Waals surface area contributed by atoms with Crippen molar-refractivity contribution in [3.05, 3.63) is 29.8 Å². The third kappa shape index (κ3) is 5.53. The molecule has 0 aromatic heterocycles. The molecular weight excluding hydrogens is 249 g/mol. The summed E-state index contributed by atoms with van der Waals surface area (Å²) in [4.78, 5) is 11.2. The SMILES string of the molecule is COCc1cccc(NC(=O)NCC(F)(F)F)c1. The van der Waals surface area contributed by atoms with Gasteiger partial charge in [0.2, 0.25) is 0 Å². The highest BCUT2D eigenvalue weighted by Crippen LogP contribution is 2.13. The van der Waals surface area contributed by atoms with Crippen molar-refractivity contribution in [3.8, 4) is 0 Å². The van der Waals surface area contributed by atoms with Gasteiger partial charge in [-0.25, -0.2) is 4.79 Å². The van der Waals surface area contributed by atoms with Crippen molar-refractivity contribution >= 4 is 11.7 Å². The van der Waals surface area contributed by atoms with E-state index in [2.05, 4.69) is 5.32 Å². The molecule has 0 spiro atoms. The normalized spacial score (nSPS) is 11.1. The molecule has 0 aliphatic rings. The number of alkyl halides is 3. The zero-order valence-electron chi connectivity index (χ0n) is 9.67. The van der Waals surface area contributed by atoms with Gasteiger partial charge in [-0.1, -0.05) is 12.1 Å². The molecule has 1 rings (SSSR count).